The molecule has 76 valence electrons. The quantitative estimate of drug-likeness (QED) is 0.775. The number of para-hydroxylation sites is 1. The Morgan fingerprint density at radius 2 is 2.36 bits per heavy atom. The first-order valence-corrected chi connectivity index (χ1v) is 5.24. The van der Waals surface area contributed by atoms with Crippen molar-refractivity contribution in [1.29, 1.82) is 0 Å². The number of hydrogen-bond acceptors (Lipinski definition) is 2. The van der Waals surface area contributed by atoms with Crippen molar-refractivity contribution < 1.29 is 4.74 Å². The van der Waals surface area contributed by atoms with Crippen LogP contribution in [0.3, 0.4) is 0 Å². The molecule has 0 saturated heterocycles. The molecule has 1 aliphatic heterocycles. The van der Waals surface area contributed by atoms with E-state index >= 15 is 0 Å². The molecule has 1 aromatic carbocycles. The van der Waals surface area contributed by atoms with Crippen LogP contribution in [0.25, 0.3) is 0 Å². The highest BCUT2D eigenvalue weighted by Gasteiger charge is 2.25. The summed E-state index contributed by atoms with van der Waals surface area (Å²) in [5.74, 6) is 1.19. The molecule has 0 amide bonds. The highest BCUT2D eigenvalue weighted by atomic mass is 35.5. The summed E-state index contributed by atoms with van der Waals surface area (Å²) in [6.45, 7) is 2.74. The maximum absolute atomic E-state index is 6.05. The van der Waals surface area contributed by atoms with Crippen LogP contribution in [0.5, 0.6) is 5.75 Å². The summed E-state index contributed by atoms with van der Waals surface area (Å²) in [5, 5.41) is 0.688. The van der Waals surface area contributed by atoms with Gasteiger partial charge < -0.3 is 10.5 Å². The van der Waals surface area contributed by atoms with E-state index in [-0.39, 0.29) is 6.04 Å². The van der Waals surface area contributed by atoms with Crippen LogP contribution in [0.1, 0.15) is 24.8 Å². The lowest BCUT2D eigenvalue weighted by Crippen LogP contribution is -2.29. The molecule has 1 heterocycles. The fourth-order valence-electron chi connectivity index (χ4n) is 1.96. The van der Waals surface area contributed by atoms with E-state index in [9.17, 15) is 0 Å². The van der Waals surface area contributed by atoms with E-state index in [0.717, 1.165) is 17.7 Å². The Balaban J connectivity index is 2.44. The predicted molar refractivity (Wildman–Crippen MR) is 58.0 cm³/mol. The number of ether oxygens (including phenoxy) is 1. The molecule has 2 rings (SSSR count). The van der Waals surface area contributed by atoms with Gasteiger partial charge in [-0.2, -0.15) is 0 Å². The second kappa shape index (κ2) is 3.79. The first kappa shape index (κ1) is 9.81. The largest absolute Gasteiger partial charge is 0.492 e. The molecule has 3 heteroatoms. The Labute approximate surface area is 89.0 Å². The molecule has 2 nitrogen and oxygen atoms in total. The first-order chi connectivity index (χ1) is 6.70. The van der Waals surface area contributed by atoms with E-state index in [2.05, 4.69) is 6.07 Å². The van der Waals surface area contributed by atoms with Crippen molar-refractivity contribution in [2.75, 3.05) is 6.61 Å². The Morgan fingerprint density at radius 1 is 1.57 bits per heavy atom. The lowest BCUT2D eigenvalue weighted by Gasteiger charge is -2.28. The summed E-state index contributed by atoms with van der Waals surface area (Å²) in [7, 11) is 0. The van der Waals surface area contributed by atoms with E-state index < -0.39 is 0 Å². The average molecular weight is 212 g/mol. The van der Waals surface area contributed by atoms with Crippen LogP contribution in [0.15, 0.2) is 18.2 Å². The van der Waals surface area contributed by atoms with Crippen molar-refractivity contribution in [3.05, 3.63) is 28.8 Å². The summed E-state index contributed by atoms with van der Waals surface area (Å²) in [6.07, 6.45) is 0.977. The van der Waals surface area contributed by atoms with Gasteiger partial charge >= 0.3 is 0 Å². The molecule has 1 aliphatic rings. The molecule has 0 spiro atoms. The minimum atomic E-state index is 0.149. The molecular weight excluding hydrogens is 198 g/mol. The predicted octanol–water partition coefficient (Wildman–Crippen LogP) is 2.55. The smallest absolute Gasteiger partial charge is 0.141 e. The highest BCUT2D eigenvalue weighted by Crippen LogP contribution is 2.39. The average Bonchev–Trinajstić information content (AvgIpc) is 2.17. The van der Waals surface area contributed by atoms with Gasteiger partial charge in [-0.1, -0.05) is 23.7 Å². The van der Waals surface area contributed by atoms with Gasteiger partial charge in [0.2, 0.25) is 0 Å². The second-order valence-corrected chi connectivity index (χ2v) is 4.17. The van der Waals surface area contributed by atoms with E-state index in [0.29, 0.717) is 17.5 Å². The molecule has 0 aliphatic carbocycles. The summed E-state index contributed by atoms with van der Waals surface area (Å²) in [6, 6.07) is 6.00. The number of rotatable bonds is 1. The Bertz CT molecular complexity index is 338. The van der Waals surface area contributed by atoms with Gasteiger partial charge in [0.25, 0.3) is 0 Å². The van der Waals surface area contributed by atoms with Gasteiger partial charge in [0, 0.05) is 17.5 Å². The van der Waals surface area contributed by atoms with Gasteiger partial charge in [-0.15, -0.1) is 0 Å². The molecule has 0 aromatic heterocycles. The van der Waals surface area contributed by atoms with E-state index in [1.807, 2.05) is 19.1 Å². The third-order valence-electron chi connectivity index (χ3n) is 2.71. The van der Waals surface area contributed by atoms with Crippen LogP contribution in [-0.4, -0.2) is 12.6 Å². The third kappa shape index (κ3) is 1.60. The number of benzene rings is 1. The molecule has 0 saturated carbocycles. The minimum Gasteiger partial charge on any atom is -0.492 e. The van der Waals surface area contributed by atoms with Crippen LogP contribution in [0.2, 0.25) is 5.02 Å². The molecule has 0 bridgehead atoms. The van der Waals surface area contributed by atoms with Gasteiger partial charge in [0.05, 0.1) is 11.6 Å². The summed E-state index contributed by atoms with van der Waals surface area (Å²) in [4.78, 5) is 0. The molecule has 14 heavy (non-hydrogen) atoms. The standard InChI is InChI=1S/C11H14ClNO/c1-7(13)8-5-6-14-11-9(8)3-2-4-10(11)12/h2-4,7-8H,5-6,13H2,1H3. The second-order valence-electron chi connectivity index (χ2n) is 3.76. The molecule has 2 unspecified atom stereocenters. The van der Waals surface area contributed by atoms with Gasteiger partial charge in [-0.05, 0) is 19.4 Å². The fourth-order valence-corrected chi connectivity index (χ4v) is 2.20. The normalized spacial score (nSPS) is 22.4. The summed E-state index contributed by atoms with van der Waals surface area (Å²) < 4.78 is 5.55. The van der Waals surface area contributed by atoms with Gasteiger partial charge in [0.1, 0.15) is 5.75 Å². The zero-order chi connectivity index (χ0) is 10.1. The maximum Gasteiger partial charge on any atom is 0.141 e. The fraction of sp³-hybridized carbons (Fsp3) is 0.455. The van der Waals surface area contributed by atoms with Crippen molar-refractivity contribution in [1.82, 2.24) is 0 Å². The van der Waals surface area contributed by atoms with Gasteiger partial charge in [-0.25, -0.2) is 0 Å². The monoisotopic (exact) mass is 211 g/mol. The number of nitrogens with two attached hydrogens (primary N) is 1. The van der Waals surface area contributed by atoms with Crippen molar-refractivity contribution >= 4 is 11.6 Å². The highest BCUT2D eigenvalue weighted by molar-refractivity contribution is 6.32. The molecule has 2 atom stereocenters. The molecule has 0 radical (unpaired) electrons. The van der Waals surface area contributed by atoms with Crippen LogP contribution >= 0.6 is 11.6 Å². The lowest BCUT2D eigenvalue weighted by molar-refractivity contribution is 0.258. The zero-order valence-electron chi connectivity index (χ0n) is 8.16. The molecule has 1 aromatic rings. The Kier molecular flexibility index (Phi) is 2.66. The van der Waals surface area contributed by atoms with Crippen molar-refractivity contribution in [3.8, 4) is 5.75 Å². The van der Waals surface area contributed by atoms with E-state index in [4.69, 9.17) is 22.1 Å². The topological polar surface area (TPSA) is 35.2 Å². The Morgan fingerprint density at radius 3 is 3.07 bits per heavy atom. The lowest BCUT2D eigenvalue weighted by atomic mass is 9.88. The number of fused-ring (bicyclic) bond motifs is 1. The maximum atomic E-state index is 6.05. The minimum absolute atomic E-state index is 0.149. The number of halogens is 1. The van der Waals surface area contributed by atoms with Crippen molar-refractivity contribution in [3.63, 3.8) is 0 Å². The van der Waals surface area contributed by atoms with Crippen LogP contribution in [0.4, 0.5) is 0 Å². The van der Waals surface area contributed by atoms with Crippen LogP contribution in [0, 0.1) is 0 Å². The van der Waals surface area contributed by atoms with Crippen molar-refractivity contribution in [2.45, 2.75) is 25.3 Å². The molecule has 2 N–H and O–H groups in total. The first-order valence-electron chi connectivity index (χ1n) is 4.87. The summed E-state index contributed by atoms with van der Waals surface area (Å²) in [5.41, 5.74) is 7.09. The van der Waals surface area contributed by atoms with Crippen molar-refractivity contribution in [2.24, 2.45) is 5.73 Å². The zero-order valence-corrected chi connectivity index (χ0v) is 8.92. The van der Waals surface area contributed by atoms with E-state index in [1.54, 1.807) is 0 Å². The Hall–Kier alpha value is -0.730. The summed E-state index contributed by atoms with van der Waals surface area (Å²) >= 11 is 6.05. The molecule has 0 fully saturated rings. The van der Waals surface area contributed by atoms with Crippen LogP contribution in [-0.2, 0) is 0 Å². The number of hydrogen-bond donors (Lipinski definition) is 1. The SMILES string of the molecule is CC(N)C1CCOc2c(Cl)cccc21. The van der Waals surface area contributed by atoms with E-state index in [1.165, 1.54) is 0 Å². The van der Waals surface area contributed by atoms with Gasteiger partial charge in [0.15, 0.2) is 0 Å². The van der Waals surface area contributed by atoms with Crippen LogP contribution < -0.4 is 10.5 Å². The van der Waals surface area contributed by atoms with Gasteiger partial charge in [-0.3, -0.25) is 0 Å². The molecular formula is C11H14ClNO. The third-order valence-corrected chi connectivity index (χ3v) is 3.00.